The van der Waals surface area contributed by atoms with E-state index >= 15 is 0 Å². The van der Waals surface area contributed by atoms with Crippen LogP contribution in [0.15, 0.2) is 0 Å². The molecule has 0 saturated carbocycles. The number of hydrogen-bond acceptors (Lipinski definition) is 3. The highest BCUT2D eigenvalue weighted by molar-refractivity contribution is 6.04. The zero-order valence-electron chi connectivity index (χ0n) is 11.1. The average molecular weight is 256 g/mol. The molecular weight excluding hydrogens is 234 g/mol. The molecule has 3 amide bonds. The molecule has 0 bridgehead atoms. The van der Waals surface area contributed by atoms with Crippen molar-refractivity contribution in [3.05, 3.63) is 0 Å². The highest BCUT2D eigenvalue weighted by Gasteiger charge is 2.39. The van der Waals surface area contributed by atoms with E-state index < -0.39 is 0 Å². The molecule has 2 N–H and O–H groups in total. The van der Waals surface area contributed by atoms with Gasteiger partial charge in [0.15, 0.2) is 0 Å². The Balaban J connectivity index is 1.85. The van der Waals surface area contributed by atoms with E-state index in [1.54, 1.807) is 0 Å². The van der Waals surface area contributed by atoms with Gasteiger partial charge in [-0.25, -0.2) is 4.79 Å². The van der Waals surface area contributed by atoms with Crippen LogP contribution in [0.3, 0.4) is 0 Å². The standard InChI is InChI=1S/C12H21N3O3/c1-9(2)10-11(16)15(12(17)13-10)4-3-14-5-7-18-8-6-14/h9-10H,3-8H2,1-2H3,(H,13,17)/p+1/t10-/m1/s1. The Bertz CT molecular complexity index is 327. The number of carbonyl (C=O) groups excluding carboxylic acids is 2. The van der Waals surface area contributed by atoms with Crippen LogP contribution in [0.1, 0.15) is 13.8 Å². The highest BCUT2D eigenvalue weighted by Crippen LogP contribution is 2.12. The molecule has 0 aromatic rings. The van der Waals surface area contributed by atoms with E-state index in [9.17, 15) is 9.59 Å². The van der Waals surface area contributed by atoms with Crippen LogP contribution in [0.25, 0.3) is 0 Å². The number of imide groups is 1. The van der Waals surface area contributed by atoms with Gasteiger partial charge in [0.1, 0.15) is 19.1 Å². The summed E-state index contributed by atoms with van der Waals surface area (Å²) in [6.07, 6.45) is 0. The SMILES string of the molecule is CC(C)[C@H]1NC(=O)N(CC[NH+]2CCOCC2)C1=O. The van der Waals surface area contributed by atoms with Gasteiger partial charge in [-0.2, -0.15) is 0 Å². The number of nitrogens with one attached hydrogen (secondary N) is 2. The number of carbonyl (C=O) groups is 2. The van der Waals surface area contributed by atoms with Crippen LogP contribution in [-0.2, 0) is 9.53 Å². The molecule has 2 fully saturated rings. The third-order valence-electron chi connectivity index (χ3n) is 3.61. The van der Waals surface area contributed by atoms with Crippen LogP contribution < -0.4 is 10.2 Å². The zero-order valence-corrected chi connectivity index (χ0v) is 11.1. The number of amides is 3. The molecular formula is C12H22N3O3+. The van der Waals surface area contributed by atoms with Crippen LogP contribution in [0, 0.1) is 5.92 Å². The normalized spacial score (nSPS) is 25.9. The smallest absolute Gasteiger partial charge is 0.325 e. The van der Waals surface area contributed by atoms with E-state index in [4.69, 9.17) is 4.74 Å². The lowest BCUT2D eigenvalue weighted by Crippen LogP contribution is -3.14. The average Bonchev–Trinajstić information content (AvgIpc) is 2.64. The van der Waals surface area contributed by atoms with Gasteiger partial charge in [0.05, 0.1) is 26.3 Å². The van der Waals surface area contributed by atoms with E-state index in [-0.39, 0.29) is 23.9 Å². The molecule has 6 nitrogen and oxygen atoms in total. The molecule has 0 unspecified atom stereocenters. The van der Waals surface area contributed by atoms with Gasteiger partial charge in [-0.1, -0.05) is 13.8 Å². The van der Waals surface area contributed by atoms with Gasteiger partial charge in [-0.15, -0.1) is 0 Å². The van der Waals surface area contributed by atoms with Crippen molar-refractivity contribution in [2.75, 3.05) is 39.4 Å². The van der Waals surface area contributed by atoms with Crippen molar-refractivity contribution >= 4 is 11.9 Å². The van der Waals surface area contributed by atoms with Crippen molar-refractivity contribution in [3.63, 3.8) is 0 Å². The first-order valence-corrected chi connectivity index (χ1v) is 6.63. The predicted octanol–water partition coefficient (Wildman–Crippen LogP) is -1.52. The van der Waals surface area contributed by atoms with Gasteiger partial charge in [-0.3, -0.25) is 9.69 Å². The van der Waals surface area contributed by atoms with Crippen LogP contribution in [0.2, 0.25) is 0 Å². The van der Waals surface area contributed by atoms with Crippen molar-refractivity contribution in [1.29, 1.82) is 0 Å². The summed E-state index contributed by atoms with van der Waals surface area (Å²) < 4.78 is 5.28. The second-order valence-corrected chi connectivity index (χ2v) is 5.27. The molecule has 0 aromatic carbocycles. The maximum absolute atomic E-state index is 12.0. The number of rotatable bonds is 4. The quantitative estimate of drug-likeness (QED) is 0.600. The molecule has 0 aromatic heterocycles. The van der Waals surface area contributed by atoms with Gasteiger partial charge < -0.3 is 15.0 Å². The highest BCUT2D eigenvalue weighted by atomic mass is 16.5. The second-order valence-electron chi connectivity index (χ2n) is 5.27. The summed E-state index contributed by atoms with van der Waals surface area (Å²) in [5.74, 6) is 0.0600. The maximum Gasteiger partial charge on any atom is 0.325 e. The minimum absolute atomic E-state index is 0.0809. The first kappa shape index (κ1) is 13.3. The Labute approximate surface area is 107 Å². The van der Waals surface area contributed by atoms with Crippen molar-refractivity contribution in [1.82, 2.24) is 10.2 Å². The fraction of sp³-hybridized carbons (Fsp3) is 0.833. The summed E-state index contributed by atoms with van der Waals surface area (Å²) in [4.78, 5) is 26.5. The summed E-state index contributed by atoms with van der Waals surface area (Å²) >= 11 is 0. The van der Waals surface area contributed by atoms with E-state index in [1.807, 2.05) is 13.8 Å². The fourth-order valence-electron chi connectivity index (χ4n) is 2.38. The molecule has 2 saturated heterocycles. The van der Waals surface area contributed by atoms with Crippen LogP contribution in [-0.4, -0.2) is 62.3 Å². The molecule has 18 heavy (non-hydrogen) atoms. The number of quaternary nitrogens is 1. The number of nitrogens with zero attached hydrogens (tertiary/aromatic N) is 1. The Morgan fingerprint density at radius 2 is 2.06 bits per heavy atom. The van der Waals surface area contributed by atoms with Crippen LogP contribution >= 0.6 is 0 Å². The predicted molar refractivity (Wildman–Crippen MR) is 65.3 cm³/mol. The van der Waals surface area contributed by atoms with Gasteiger partial charge >= 0.3 is 6.03 Å². The summed E-state index contributed by atoms with van der Waals surface area (Å²) in [5.41, 5.74) is 0. The maximum atomic E-state index is 12.0. The number of morpholine rings is 1. The monoisotopic (exact) mass is 256 g/mol. The van der Waals surface area contributed by atoms with Gasteiger partial charge in [0.25, 0.3) is 5.91 Å². The summed E-state index contributed by atoms with van der Waals surface area (Å²) in [6, 6.07) is -0.594. The van der Waals surface area contributed by atoms with E-state index in [0.29, 0.717) is 6.54 Å². The topological polar surface area (TPSA) is 63.1 Å². The molecule has 0 aliphatic carbocycles. The minimum atomic E-state index is -0.350. The number of hydrogen-bond donors (Lipinski definition) is 2. The Hall–Kier alpha value is -1.14. The molecule has 2 rings (SSSR count). The zero-order chi connectivity index (χ0) is 13.1. The lowest BCUT2D eigenvalue weighted by atomic mass is 10.1. The molecule has 102 valence electrons. The van der Waals surface area contributed by atoms with Crippen LogP contribution in [0.4, 0.5) is 4.79 Å². The second kappa shape index (κ2) is 5.67. The van der Waals surface area contributed by atoms with Crippen molar-refractivity contribution in [3.8, 4) is 0 Å². The van der Waals surface area contributed by atoms with Gasteiger partial charge in [-0.05, 0) is 5.92 Å². The Kier molecular flexibility index (Phi) is 4.19. The van der Waals surface area contributed by atoms with E-state index in [1.165, 1.54) is 9.80 Å². The first-order valence-electron chi connectivity index (χ1n) is 6.63. The summed E-state index contributed by atoms with van der Waals surface area (Å²) in [5, 5.41) is 2.74. The summed E-state index contributed by atoms with van der Waals surface area (Å²) in [6.45, 7) is 8.65. The van der Waals surface area contributed by atoms with Crippen molar-refractivity contribution in [2.24, 2.45) is 5.92 Å². The number of urea groups is 1. The third-order valence-corrected chi connectivity index (χ3v) is 3.61. The third kappa shape index (κ3) is 2.81. The van der Waals surface area contributed by atoms with Gasteiger partial charge in [0.2, 0.25) is 0 Å². The lowest BCUT2D eigenvalue weighted by molar-refractivity contribution is -0.907. The lowest BCUT2D eigenvalue weighted by Gasteiger charge is -2.25. The minimum Gasteiger partial charge on any atom is -0.370 e. The van der Waals surface area contributed by atoms with Gasteiger partial charge in [0, 0.05) is 0 Å². The van der Waals surface area contributed by atoms with Crippen molar-refractivity contribution in [2.45, 2.75) is 19.9 Å². The molecule has 2 heterocycles. The molecule has 2 aliphatic rings. The molecule has 2 aliphatic heterocycles. The van der Waals surface area contributed by atoms with Crippen LogP contribution in [0.5, 0.6) is 0 Å². The van der Waals surface area contributed by atoms with Crippen molar-refractivity contribution < 1.29 is 19.2 Å². The largest absolute Gasteiger partial charge is 0.370 e. The molecule has 0 spiro atoms. The van der Waals surface area contributed by atoms with E-state index in [0.717, 1.165) is 32.8 Å². The fourth-order valence-corrected chi connectivity index (χ4v) is 2.38. The number of ether oxygens (including phenoxy) is 1. The summed E-state index contributed by atoms with van der Waals surface area (Å²) in [7, 11) is 0. The molecule has 0 radical (unpaired) electrons. The molecule has 6 heteroatoms. The Morgan fingerprint density at radius 1 is 1.39 bits per heavy atom. The first-order chi connectivity index (χ1) is 8.59. The molecule has 1 atom stereocenters. The Morgan fingerprint density at radius 3 is 2.61 bits per heavy atom. The van der Waals surface area contributed by atoms with E-state index in [2.05, 4.69) is 5.32 Å².